The Labute approximate surface area is 137 Å². The molecule has 1 amide bonds. The molecule has 24 heavy (non-hydrogen) atoms. The molecular formula is C17H15F2NO4. The Morgan fingerprint density at radius 1 is 1.04 bits per heavy atom. The third-order valence-corrected chi connectivity index (χ3v) is 3.32. The van der Waals surface area contributed by atoms with Crippen LogP contribution >= 0.6 is 0 Å². The van der Waals surface area contributed by atoms with Crippen molar-refractivity contribution in [3.63, 3.8) is 0 Å². The average Bonchev–Trinajstić information content (AvgIpc) is 2.58. The SMILES string of the molecule is COC(=O)CNC(=O)c1ccc(-c2ccc(OC)cc2F)cc1F. The Morgan fingerprint density at radius 3 is 2.38 bits per heavy atom. The van der Waals surface area contributed by atoms with Crippen molar-refractivity contribution in [2.24, 2.45) is 0 Å². The topological polar surface area (TPSA) is 64.6 Å². The van der Waals surface area contributed by atoms with Crippen LogP contribution in [0.1, 0.15) is 10.4 Å². The minimum absolute atomic E-state index is 0.177. The monoisotopic (exact) mass is 335 g/mol. The van der Waals surface area contributed by atoms with Crippen LogP contribution in [0, 0.1) is 11.6 Å². The van der Waals surface area contributed by atoms with Gasteiger partial charge >= 0.3 is 5.97 Å². The van der Waals surface area contributed by atoms with Gasteiger partial charge in [0.2, 0.25) is 0 Å². The van der Waals surface area contributed by atoms with Crippen LogP contribution in [0.25, 0.3) is 11.1 Å². The normalized spacial score (nSPS) is 10.2. The molecule has 0 spiro atoms. The van der Waals surface area contributed by atoms with Gasteiger partial charge < -0.3 is 14.8 Å². The van der Waals surface area contributed by atoms with Gasteiger partial charge in [-0.05, 0) is 29.8 Å². The first-order chi connectivity index (χ1) is 11.5. The number of carbonyl (C=O) groups is 2. The van der Waals surface area contributed by atoms with Gasteiger partial charge in [-0.15, -0.1) is 0 Å². The fourth-order valence-corrected chi connectivity index (χ4v) is 2.04. The number of rotatable bonds is 5. The van der Waals surface area contributed by atoms with Crippen molar-refractivity contribution in [3.8, 4) is 16.9 Å². The van der Waals surface area contributed by atoms with Crippen molar-refractivity contribution < 1.29 is 27.8 Å². The Kier molecular flexibility index (Phi) is 5.47. The lowest BCUT2D eigenvalue weighted by atomic mass is 10.0. The van der Waals surface area contributed by atoms with Gasteiger partial charge in [0.05, 0.1) is 19.8 Å². The van der Waals surface area contributed by atoms with Gasteiger partial charge in [0.25, 0.3) is 5.91 Å². The third kappa shape index (κ3) is 3.87. The standard InChI is InChI=1S/C17H15F2NO4/c1-23-11-4-6-12(15(19)8-11)10-3-5-13(14(18)7-10)17(22)20-9-16(21)24-2/h3-8H,9H2,1-2H3,(H,20,22). The number of esters is 1. The van der Waals surface area contributed by atoms with E-state index in [0.717, 1.165) is 6.07 Å². The number of benzene rings is 2. The van der Waals surface area contributed by atoms with E-state index >= 15 is 0 Å². The molecule has 126 valence electrons. The van der Waals surface area contributed by atoms with E-state index in [0.29, 0.717) is 5.75 Å². The first-order valence-corrected chi connectivity index (χ1v) is 6.94. The Balaban J connectivity index is 2.23. The van der Waals surface area contributed by atoms with Crippen molar-refractivity contribution in [1.82, 2.24) is 5.32 Å². The van der Waals surface area contributed by atoms with Crippen LogP contribution in [0.15, 0.2) is 36.4 Å². The number of hydrogen-bond acceptors (Lipinski definition) is 4. The second kappa shape index (κ2) is 7.54. The highest BCUT2D eigenvalue weighted by atomic mass is 19.1. The minimum atomic E-state index is -0.829. The predicted octanol–water partition coefficient (Wildman–Crippen LogP) is 2.54. The van der Waals surface area contributed by atoms with Crippen LogP contribution in [0.2, 0.25) is 0 Å². The van der Waals surface area contributed by atoms with E-state index in [-0.39, 0.29) is 23.2 Å². The van der Waals surface area contributed by atoms with Crippen LogP contribution < -0.4 is 10.1 Å². The van der Waals surface area contributed by atoms with Gasteiger partial charge in [-0.1, -0.05) is 6.07 Å². The average molecular weight is 335 g/mol. The van der Waals surface area contributed by atoms with Gasteiger partial charge in [0.15, 0.2) is 0 Å². The highest BCUT2D eigenvalue weighted by Crippen LogP contribution is 2.27. The molecule has 0 radical (unpaired) electrons. The molecule has 0 aliphatic carbocycles. The Hall–Kier alpha value is -2.96. The molecule has 0 unspecified atom stereocenters. The van der Waals surface area contributed by atoms with Crippen molar-refractivity contribution in [2.75, 3.05) is 20.8 Å². The number of methoxy groups -OCH3 is 2. The largest absolute Gasteiger partial charge is 0.497 e. The van der Waals surface area contributed by atoms with E-state index in [2.05, 4.69) is 10.1 Å². The summed E-state index contributed by atoms with van der Waals surface area (Å²) in [6.07, 6.45) is 0. The molecule has 7 heteroatoms. The lowest BCUT2D eigenvalue weighted by Gasteiger charge is -2.09. The molecule has 5 nitrogen and oxygen atoms in total. The summed E-state index contributed by atoms with van der Waals surface area (Å²) >= 11 is 0. The van der Waals surface area contributed by atoms with Gasteiger partial charge in [-0.25, -0.2) is 8.78 Å². The summed E-state index contributed by atoms with van der Waals surface area (Å²) in [7, 11) is 2.59. The highest BCUT2D eigenvalue weighted by molar-refractivity contribution is 5.96. The second-order valence-corrected chi connectivity index (χ2v) is 4.80. The molecule has 2 aromatic rings. The highest BCUT2D eigenvalue weighted by Gasteiger charge is 2.15. The molecule has 0 aliphatic rings. The van der Waals surface area contributed by atoms with Crippen molar-refractivity contribution in [2.45, 2.75) is 0 Å². The van der Waals surface area contributed by atoms with E-state index in [1.54, 1.807) is 6.07 Å². The number of amides is 1. The first-order valence-electron chi connectivity index (χ1n) is 6.94. The Morgan fingerprint density at radius 2 is 1.79 bits per heavy atom. The molecule has 0 atom stereocenters. The van der Waals surface area contributed by atoms with E-state index < -0.39 is 23.5 Å². The maximum absolute atomic E-state index is 14.1. The fourth-order valence-electron chi connectivity index (χ4n) is 2.04. The maximum Gasteiger partial charge on any atom is 0.325 e. The number of carbonyl (C=O) groups excluding carboxylic acids is 2. The zero-order valence-corrected chi connectivity index (χ0v) is 13.1. The van der Waals surface area contributed by atoms with Crippen LogP contribution in [0.4, 0.5) is 8.78 Å². The van der Waals surface area contributed by atoms with E-state index in [9.17, 15) is 18.4 Å². The predicted molar refractivity (Wildman–Crippen MR) is 82.7 cm³/mol. The third-order valence-electron chi connectivity index (χ3n) is 3.32. The molecule has 0 aromatic heterocycles. The number of halogens is 2. The van der Waals surface area contributed by atoms with Crippen LogP contribution in [-0.4, -0.2) is 32.6 Å². The van der Waals surface area contributed by atoms with Crippen molar-refractivity contribution >= 4 is 11.9 Å². The van der Waals surface area contributed by atoms with E-state index in [1.165, 1.54) is 38.5 Å². The van der Waals surface area contributed by atoms with Crippen LogP contribution in [0.3, 0.4) is 0 Å². The fraction of sp³-hybridized carbons (Fsp3) is 0.176. The zero-order valence-electron chi connectivity index (χ0n) is 13.1. The summed E-state index contributed by atoms with van der Waals surface area (Å²) in [5, 5.41) is 2.23. The molecule has 0 fully saturated rings. The van der Waals surface area contributed by atoms with Gasteiger partial charge in [-0.3, -0.25) is 9.59 Å². The number of nitrogens with one attached hydrogen (secondary N) is 1. The minimum Gasteiger partial charge on any atom is -0.497 e. The summed E-state index contributed by atoms with van der Waals surface area (Å²) in [6.45, 7) is -0.371. The van der Waals surface area contributed by atoms with Crippen molar-refractivity contribution in [1.29, 1.82) is 0 Å². The van der Waals surface area contributed by atoms with Crippen LogP contribution in [-0.2, 0) is 9.53 Å². The van der Waals surface area contributed by atoms with E-state index in [4.69, 9.17) is 4.74 Å². The molecule has 1 N–H and O–H groups in total. The summed E-state index contributed by atoms with van der Waals surface area (Å²) < 4.78 is 37.5. The summed E-state index contributed by atoms with van der Waals surface area (Å²) in [4.78, 5) is 22.8. The van der Waals surface area contributed by atoms with Crippen molar-refractivity contribution in [3.05, 3.63) is 53.6 Å². The molecular weight excluding hydrogens is 320 g/mol. The van der Waals surface area contributed by atoms with E-state index in [1.807, 2.05) is 0 Å². The number of hydrogen-bond donors (Lipinski definition) is 1. The summed E-state index contributed by atoms with van der Waals surface area (Å²) in [5.41, 5.74) is 0.199. The smallest absolute Gasteiger partial charge is 0.325 e. The summed E-state index contributed by atoms with van der Waals surface area (Å²) in [6, 6.07) is 7.89. The molecule has 0 saturated heterocycles. The molecule has 0 bridgehead atoms. The lowest BCUT2D eigenvalue weighted by molar-refractivity contribution is -0.139. The lowest BCUT2D eigenvalue weighted by Crippen LogP contribution is -2.30. The quantitative estimate of drug-likeness (QED) is 0.853. The van der Waals surface area contributed by atoms with Gasteiger partial charge in [0, 0.05) is 11.6 Å². The molecule has 0 saturated carbocycles. The molecule has 2 aromatic carbocycles. The zero-order chi connectivity index (χ0) is 17.7. The number of ether oxygens (including phenoxy) is 2. The molecule has 2 rings (SSSR count). The Bertz CT molecular complexity index is 777. The van der Waals surface area contributed by atoms with Gasteiger partial charge in [-0.2, -0.15) is 0 Å². The maximum atomic E-state index is 14.1. The molecule has 0 heterocycles. The first kappa shape index (κ1) is 17.4. The van der Waals surface area contributed by atoms with Gasteiger partial charge in [0.1, 0.15) is 23.9 Å². The van der Waals surface area contributed by atoms with Crippen LogP contribution in [0.5, 0.6) is 5.75 Å². The summed E-state index contributed by atoms with van der Waals surface area (Å²) in [5.74, 6) is -2.47. The second-order valence-electron chi connectivity index (χ2n) is 4.80. The molecule has 0 aliphatic heterocycles.